The van der Waals surface area contributed by atoms with Crippen LogP contribution in [0.2, 0.25) is 0 Å². The maximum Gasteiger partial charge on any atom is 0.305 e. The number of unbranched alkanes of at least 4 members (excludes halogenated alkanes) is 45. The average molecular weight is 1130 g/mol. The van der Waals surface area contributed by atoms with Crippen molar-refractivity contribution >= 4 is 11.9 Å². The number of allylic oxidation sites excluding steroid dienone is 3. The fourth-order valence-electron chi connectivity index (χ4n) is 11.1. The topological polar surface area (TPSA) is 175 Å². The number of ether oxygens (including phenoxy) is 3. The van der Waals surface area contributed by atoms with E-state index in [1.807, 2.05) is 6.08 Å². The minimum atomic E-state index is -1.57. The minimum Gasteiger partial charge on any atom is -0.466 e. The van der Waals surface area contributed by atoms with Crippen molar-refractivity contribution in [2.24, 2.45) is 0 Å². The Balaban J connectivity index is 1.92. The fourth-order valence-corrected chi connectivity index (χ4v) is 11.1. The monoisotopic (exact) mass is 1130 g/mol. The van der Waals surface area contributed by atoms with E-state index in [9.17, 15) is 35.1 Å². The molecule has 0 spiro atoms. The number of hydrogen-bond donors (Lipinski definition) is 6. The van der Waals surface area contributed by atoms with E-state index in [1.165, 1.54) is 263 Å². The van der Waals surface area contributed by atoms with Gasteiger partial charge in [0.25, 0.3) is 0 Å². The molecule has 0 bridgehead atoms. The summed E-state index contributed by atoms with van der Waals surface area (Å²) >= 11 is 0. The molecule has 1 fully saturated rings. The third kappa shape index (κ3) is 47.5. The van der Waals surface area contributed by atoms with Crippen molar-refractivity contribution in [1.29, 1.82) is 0 Å². The molecule has 1 saturated heterocycles. The van der Waals surface area contributed by atoms with E-state index in [0.717, 1.165) is 51.4 Å². The molecule has 1 rings (SSSR count). The van der Waals surface area contributed by atoms with Gasteiger partial charge >= 0.3 is 5.97 Å². The van der Waals surface area contributed by atoms with E-state index < -0.39 is 49.5 Å². The molecule has 1 heterocycles. The van der Waals surface area contributed by atoms with E-state index in [-0.39, 0.29) is 18.5 Å². The number of nitrogens with one attached hydrogen (secondary N) is 1. The van der Waals surface area contributed by atoms with Crippen molar-refractivity contribution < 1.29 is 49.3 Å². The number of esters is 1. The highest BCUT2D eigenvalue weighted by molar-refractivity contribution is 5.76. The van der Waals surface area contributed by atoms with Crippen molar-refractivity contribution in [2.75, 3.05) is 19.8 Å². The number of rotatable bonds is 61. The van der Waals surface area contributed by atoms with Gasteiger partial charge in [-0.1, -0.05) is 295 Å². The molecule has 0 aromatic heterocycles. The van der Waals surface area contributed by atoms with Crippen LogP contribution in [-0.4, -0.2) is 100 Å². The number of aliphatic hydroxyl groups is 5. The number of aliphatic hydroxyl groups excluding tert-OH is 5. The van der Waals surface area contributed by atoms with Gasteiger partial charge in [-0.2, -0.15) is 0 Å². The molecule has 0 aliphatic carbocycles. The van der Waals surface area contributed by atoms with Gasteiger partial charge in [-0.05, 0) is 57.8 Å². The molecular formula is C69H131NO10. The van der Waals surface area contributed by atoms with Gasteiger partial charge < -0.3 is 45.1 Å². The molecule has 1 aliphatic heterocycles. The fraction of sp³-hybridized carbons (Fsp3) is 0.913. The molecule has 1 amide bonds. The van der Waals surface area contributed by atoms with Gasteiger partial charge in [0, 0.05) is 12.8 Å². The minimum absolute atomic E-state index is 0.0106. The summed E-state index contributed by atoms with van der Waals surface area (Å²) in [6.07, 6.45) is 63.3. The van der Waals surface area contributed by atoms with Gasteiger partial charge in [0.1, 0.15) is 24.4 Å². The Morgan fingerprint density at radius 1 is 0.450 bits per heavy atom. The molecule has 6 N–H and O–H groups in total. The Morgan fingerprint density at radius 3 is 1.20 bits per heavy atom. The lowest BCUT2D eigenvalue weighted by atomic mass is 9.99. The number of hydrogen-bond acceptors (Lipinski definition) is 10. The second kappa shape index (κ2) is 58.9. The van der Waals surface area contributed by atoms with Gasteiger partial charge in [-0.3, -0.25) is 9.59 Å². The number of carbonyl (C=O) groups excluding carboxylic acids is 2. The largest absolute Gasteiger partial charge is 0.466 e. The van der Waals surface area contributed by atoms with Crippen LogP contribution in [0.4, 0.5) is 0 Å². The first-order valence-corrected chi connectivity index (χ1v) is 34.6. The van der Waals surface area contributed by atoms with Crippen LogP contribution in [0.25, 0.3) is 0 Å². The predicted molar refractivity (Wildman–Crippen MR) is 334 cm³/mol. The van der Waals surface area contributed by atoms with Gasteiger partial charge in [0.15, 0.2) is 6.29 Å². The molecule has 7 atom stereocenters. The van der Waals surface area contributed by atoms with Crippen LogP contribution >= 0.6 is 0 Å². The standard InChI is InChI=1S/C69H131NO10/c1-3-5-7-9-11-13-36-41-45-49-53-57-65(74)78-58-54-50-46-42-38-35-33-31-29-27-25-23-21-19-17-15-14-16-18-20-22-24-26-28-30-32-34-37-40-44-48-52-56-64(73)70-61(62(72)55-51-47-43-39-12-10-8-6-4-2)60-79-69-68(77)67(76)66(75)63(59-71)80-69/h17,19,51,55,61-63,66-69,71-72,75-77H,3-16,18,20-50,52-54,56-60H2,1-2H3,(H,70,73)/b19-17-,55-51+. The lowest BCUT2D eigenvalue weighted by Crippen LogP contribution is -2.60. The van der Waals surface area contributed by atoms with Crippen molar-refractivity contribution in [3.8, 4) is 0 Å². The second-order valence-corrected chi connectivity index (χ2v) is 24.2. The molecule has 11 nitrogen and oxygen atoms in total. The first kappa shape index (κ1) is 76.2. The average Bonchev–Trinajstić information content (AvgIpc) is 3.45. The number of amides is 1. The van der Waals surface area contributed by atoms with E-state index in [4.69, 9.17) is 14.2 Å². The zero-order valence-corrected chi connectivity index (χ0v) is 52.3. The smallest absolute Gasteiger partial charge is 0.305 e. The number of carbonyl (C=O) groups is 2. The molecule has 0 aromatic rings. The lowest BCUT2D eigenvalue weighted by molar-refractivity contribution is -0.302. The summed E-state index contributed by atoms with van der Waals surface area (Å²) in [5.41, 5.74) is 0. The highest BCUT2D eigenvalue weighted by Crippen LogP contribution is 2.23. The van der Waals surface area contributed by atoms with Crippen LogP contribution in [0, 0.1) is 0 Å². The zero-order chi connectivity index (χ0) is 58.0. The first-order chi connectivity index (χ1) is 39.2. The van der Waals surface area contributed by atoms with E-state index in [1.54, 1.807) is 6.08 Å². The summed E-state index contributed by atoms with van der Waals surface area (Å²) in [7, 11) is 0. The molecule has 0 saturated carbocycles. The summed E-state index contributed by atoms with van der Waals surface area (Å²) in [6.45, 7) is 4.34. The van der Waals surface area contributed by atoms with Crippen molar-refractivity contribution in [3.63, 3.8) is 0 Å². The molecule has 472 valence electrons. The lowest BCUT2D eigenvalue weighted by Gasteiger charge is -2.40. The molecule has 0 aromatic carbocycles. The molecule has 7 unspecified atom stereocenters. The Labute approximate surface area is 492 Å². The van der Waals surface area contributed by atoms with Crippen molar-refractivity contribution in [1.82, 2.24) is 5.32 Å². The normalized spacial score (nSPS) is 18.4. The zero-order valence-electron chi connectivity index (χ0n) is 52.3. The Kier molecular flexibility index (Phi) is 56.1. The summed E-state index contributed by atoms with van der Waals surface area (Å²) in [6, 6.07) is -0.806. The van der Waals surface area contributed by atoms with E-state index in [2.05, 4.69) is 31.3 Å². The third-order valence-electron chi connectivity index (χ3n) is 16.6. The van der Waals surface area contributed by atoms with Crippen molar-refractivity contribution in [2.45, 2.75) is 384 Å². The molecule has 80 heavy (non-hydrogen) atoms. The van der Waals surface area contributed by atoms with Gasteiger partial charge in [-0.15, -0.1) is 0 Å². The Hall–Kier alpha value is -1.86. The van der Waals surface area contributed by atoms with Crippen LogP contribution in [0.15, 0.2) is 24.3 Å². The molecule has 11 heteroatoms. The molecular weight excluding hydrogens is 1000 g/mol. The summed E-state index contributed by atoms with van der Waals surface area (Å²) in [5.74, 6) is -0.169. The third-order valence-corrected chi connectivity index (χ3v) is 16.6. The SMILES string of the molecule is CCCCCCCCC/C=C/C(O)C(COC1OC(CO)C(O)C(O)C1O)NC(=O)CCCCCCCCCCCCCCCCCC/C=C\CCCCCCCCCCCCCCOC(=O)CCCCCCCCCCCCC. The summed E-state index contributed by atoms with van der Waals surface area (Å²) < 4.78 is 16.7. The first-order valence-electron chi connectivity index (χ1n) is 34.6. The maximum absolute atomic E-state index is 13.0. The van der Waals surface area contributed by atoms with E-state index >= 15 is 0 Å². The van der Waals surface area contributed by atoms with Crippen LogP contribution in [0.1, 0.15) is 341 Å². The van der Waals surface area contributed by atoms with Crippen LogP contribution in [0.5, 0.6) is 0 Å². The summed E-state index contributed by atoms with van der Waals surface area (Å²) in [5, 5.41) is 54.3. The van der Waals surface area contributed by atoms with Gasteiger partial charge in [0.05, 0.1) is 32.0 Å². The summed E-state index contributed by atoms with van der Waals surface area (Å²) in [4.78, 5) is 25.0. The van der Waals surface area contributed by atoms with Crippen molar-refractivity contribution in [3.05, 3.63) is 24.3 Å². The van der Waals surface area contributed by atoms with Gasteiger partial charge in [-0.25, -0.2) is 0 Å². The second-order valence-electron chi connectivity index (χ2n) is 24.2. The predicted octanol–water partition coefficient (Wildman–Crippen LogP) is 17.2. The maximum atomic E-state index is 13.0. The van der Waals surface area contributed by atoms with Gasteiger partial charge in [0.2, 0.25) is 5.91 Å². The van der Waals surface area contributed by atoms with E-state index in [0.29, 0.717) is 19.4 Å². The Morgan fingerprint density at radius 2 is 0.800 bits per heavy atom. The van der Waals surface area contributed by atoms with Crippen LogP contribution in [0.3, 0.4) is 0 Å². The van der Waals surface area contributed by atoms with Crippen LogP contribution < -0.4 is 5.32 Å². The quantitative estimate of drug-likeness (QED) is 0.0195. The molecule has 1 aliphatic rings. The highest BCUT2D eigenvalue weighted by Gasteiger charge is 2.44. The highest BCUT2D eigenvalue weighted by atomic mass is 16.7. The van der Waals surface area contributed by atoms with Crippen LogP contribution in [-0.2, 0) is 23.8 Å². The Bertz CT molecular complexity index is 1380. The molecule has 0 radical (unpaired) electrons.